The van der Waals surface area contributed by atoms with Crippen molar-refractivity contribution in [2.45, 2.75) is 13.3 Å². The molecule has 0 aliphatic rings. The molecule has 120 valence electrons. The van der Waals surface area contributed by atoms with Crippen molar-refractivity contribution in [2.75, 3.05) is 6.61 Å². The molecule has 0 unspecified atom stereocenters. The number of hydrogen-bond donors (Lipinski definition) is 1. The molecule has 3 rings (SSSR count). The van der Waals surface area contributed by atoms with Gasteiger partial charge in [-0.1, -0.05) is 42.8 Å². The molecule has 0 radical (unpaired) electrons. The normalized spacial score (nSPS) is 10.5. The SMILES string of the molecule is CCCOc1c(Cl)cc(-c2cccc3cc(O)ccc23)cc1C#N. The van der Waals surface area contributed by atoms with Gasteiger partial charge >= 0.3 is 0 Å². The number of nitriles is 1. The molecule has 1 N–H and O–H groups in total. The number of rotatable bonds is 4. The van der Waals surface area contributed by atoms with Crippen LogP contribution in [0.2, 0.25) is 5.02 Å². The smallest absolute Gasteiger partial charge is 0.155 e. The molecule has 3 aromatic rings. The van der Waals surface area contributed by atoms with Gasteiger partial charge in [0.1, 0.15) is 11.8 Å². The summed E-state index contributed by atoms with van der Waals surface area (Å²) in [5.74, 6) is 0.654. The lowest BCUT2D eigenvalue weighted by atomic mass is 9.96. The van der Waals surface area contributed by atoms with Crippen LogP contribution in [-0.4, -0.2) is 11.7 Å². The first-order chi connectivity index (χ1) is 11.6. The van der Waals surface area contributed by atoms with E-state index in [1.54, 1.807) is 18.2 Å². The maximum Gasteiger partial charge on any atom is 0.155 e. The van der Waals surface area contributed by atoms with Crippen molar-refractivity contribution in [1.82, 2.24) is 0 Å². The van der Waals surface area contributed by atoms with Crippen molar-refractivity contribution in [3.8, 4) is 28.7 Å². The van der Waals surface area contributed by atoms with Crippen molar-refractivity contribution in [1.29, 1.82) is 5.26 Å². The molecule has 0 atom stereocenters. The topological polar surface area (TPSA) is 53.2 Å². The number of benzene rings is 3. The van der Waals surface area contributed by atoms with Crippen molar-refractivity contribution in [2.24, 2.45) is 0 Å². The van der Waals surface area contributed by atoms with Crippen LogP contribution < -0.4 is 4.74 Å². The molecule has 0 heterocycles. The molecule has 3 aromatic carbocycles. The van der Waals surface area contributed by atoms with E-state index in [-0.39, 0.29) is 5.75 Å². The Balaban J connectivity index is 2.17. The molecule has 0 aromatic heterocycles. The summed E-state index contributed by atoms with van der Waals surface area (Å²) in [7, 11) is 0. The fourth-order valence-electron chi connectivity index (χ4n) is 2.71. The van der Waals surface area contributed by atoms with Crippen LogP contribution in [0.1, 0.15) is 18.9 Å². The lowest BCUT2D eigenvalue weighted by molar-refractivity contribution is 0.317. The molecule has 3 nitrogen and oxygen atoms in total. The standard InChI is InChI=1S/C20H16ClNO2/c1-2-8-24-20-15(12-22)9-14(11-19(20)21)17-5-3-4-13-10-16(23)6-7-18(13)17/h3-7,9-11,23H,2,8H2,1H3. The Morgan fingerprint density at radius 2 is 2.00 bits per heavy atom. The average molecular weight is 338 g/mol. The maximum atomic E-state index is 9.66. The van der Waals surface area contributed by atoms with Crippen LogP contribution >= 0.6 is 11.6 Å². The van der Waals surface area contributed by atoms with Gasteiger partial charge in [-0.3, -0.25) is 0 Å². The molecule has 0 aliphatic carbocycles. The average Bonchev–Trinajstić information content (AvgIpc) is 2.59. The summed E-state index contributed by atoms with van der Waals surface area (Å²) in [6.45, 7) is 2.52. The Hall–Kier alpha value is -2.70. The van der Waals surface area contributed by atoms with Gasteiger partial charge in [-0.2, -0.15) is 5.26 Å². The molecule has 0 saturated heterocycles. The van der Waals surface area contributed by atoms with Crippen LogP contribution in [-0.2, 0) is 0 Å². The summed E-state index contributed by atoms with van der Waals surface area (Å²) in [5.41, 5.74) is 2.21. The minimum Gasteiger partial charge on any atom is -0.508 e. The van der Waals surface area contributed by atoms with Crippen LogP contribution in [0.3, 0.4) is 0 Å². The lowest BCUT2D eigenvalue weighted by Crippen LogP contribution is -1.98. The quantitative estimate of drug-likeness (QED) is 0.681. The predicted molar refractivity (Wildman–Crippen MR) is 96.6 cm³/mol. The Kier molecular flexibility index (Phi) is 4.59. The van der Waals surface area contributed by atoms with Gasteiger partial charge in [0.25, 0.3) is 0 Å². The van der Waals surface area contributed by atoms with Gasteiger partial charge < -0.3 is 9.84 Å². The van der Waals surface area contributed by atoms with Crippen molar-refractivity contribution in [3.63, 3.8) is 0 Å². The van der Waals surface area contributed by atoms with Gasteiger partial charge in [0.15, 0.2) is 5.75 Å². The second-order valence-corrected chi connectivity index (χ2v) is 5.91. The Bertz CT molecular complexity index is 944. The number of halogens is 1. The third-order valence-corrected chi connectivity index (χ3v) is 4.07. The fourth-order valence-corrected chi connectivity index (χ4v) is 2.98. The largest absolute Gasteiger partial charge is 0.508 e. The van der Waals surface area contributed by atoms with Gasteiger partial charge in [-0.05, 0) is 52.6 Å². The van der Waals surface area contributed by atoms with Gasteiger partial charge in [0.05, 0.1) is 17.2 Å². The number of phenolic OH excluding ortho intramolecular Hbond substituents is 1. The van der Waals surface area contributed by atoms with Gasteiger partial charge in [-0.15, -0.1) is 0 Å². The minimum atomic E-state index is 0.221. The summed E-state index contributed by atoms with van der Waals surface area (Å²) in [5, 5.41) is 21.4. The van der Waals surface area contributed by atoms with E-state index < -0.39 is 0 Å². The molecule has 24 heavy (non-hydrogen) atoms. The van der Waals surface area contributed by atoms with E-state index in [4.69, 9.17) is 16.3 Å². The zero-order valence-electron chi connectivity index (χ0n) is 13.2. The highest BCUT2D eigenvalue weighted by Crippen LogP contribution is 2.37. The zero-order chi connectivity index (χ0) is 17.1. The van der Waals surface area contributed by atoms with E-state index in [1.807, 2.05) is 37.3 Å². The van der Waals surface area contributed by atoms with Crippen molar-refractivity contribution in [3.05, 3.63) is 59.1 Å². The van der Waals surface area contributed by atoms with Crippen molar-refractivity contribution >= 4 is 22.4 Å². The fraction of sp³-hybridized carbons (Fsp3) is 0.150. The Morgan fingerprint density at radius 1 is 1.17 bits per heavy atom. The highest BCUT2D eigenvalue weighted by molar-refractivity contribution is 6.32. The predicted octanol–water partition coefficient (Wildman–Crippen LogP) is 5.53. The van der Waals surface area contributed by atoms with E-state index in [1.165, 1.54) is 0 Å². The van der Waals surface area contributed by atoms with E-state index in [9.17, 15) is 10.4 Å². The molecule has 0 fully saturated rings. The summed E-state index contributed by atoms with van der Waals surface area (Å²) in [4.78, 5) is 0. The third kappa shape index (κ3) is 3.02. The van der Waals surface area contributed by atoms with E-state index >= 15 is 0 Å². The first-order valence-electron chi connectivity index (χ1n) is 7.72. The van der Waals surface area contributed by atoms with Crippen LogP contribution in [0.25, 0.3) is 21.9 Å². The number of hydrogen-bond acceptors (Lipinski definition) is 3. The summed E-state index contributed by atoms with van der Waals surface area (Å²) < 4.78 is 5.61. The van der Waals surface area contributed by atoms with Crippen molar-refractivity contribution < 1.29 is 9.84 Å². The third-order valence-electron chi connectivity index (χ3n) is 3.79. The zero-order valence-corrected chi connectivity index (χ0v) is 14.0. The molecular weight excluding hydrogens is 322 g/mol. The van der Waals surface area contributed by atoms with Gasteiger partial charge in [0.2, 0.25) is 0 Å². The minimum absolute atomic E-state index is 0.221. The Labute approximate surface area is 145 Å². The summed E-state index contributed by atoms with van der Waals surface area (Å²) in [6, 6.07) is 16.8. The second-order valence-electron chi connectivity index (χ2n) is 5.51. The van der Waals surface area contributed by atoms with Gasteiger partial charge in [-0.25, -0.2) is 0 Å². The van der Waals surface area contributed by atoms with Crippen LogP contribution in [0, 0.1) is 11.3 Å². The number of phenols is 1. The van der Waals surface area contributed by atoms with Crippen LogP contribution in [0.5, 0.6) is 11.5 Å². The number of nitrogens with zero attached hydrogens (tertiary/aromatic N) is 1. The molecular formula is C20H16ClNO2. The summed E-state index contributed by atoms with van der Waals surface area (Å²) in [6.07, 6.45) is 0.843. The highest BCUT2D eigenvalue weighted by atomic mass is 35.5. The maximum absolute atomic E-state index is 9.66. The van der Waals surface area contributed by atoms with Crippen LogP contribution in [0.4, 0.5) is 0 Å². The number of ether oxygens (including phenoxy) is 1. The number of fused-ring (bicyclic) bond motifs is 1. The summed E-state index contributed by atoms with van der Waals surface area (Å²) >= 11 is 6.36. The molecule has 4 heteroatoms. The lowest BCUT2D eigenvalue weighted by Gasteiger charge is -2.13. The molecule has 0 aliphatic heterocycles. The molecule has 0 spiro atoms. The van der Waals surface area contributed by atoms with Gasteiger partial charge in [0, 0.05) is 0 Å². The van der Waals surface area contributed by atoms with Crippen LogP contribution in [0.15, 0.2) is 48.5 Å². The van der Waals surface area contributed by atoms with E-state index in [0.29, 0.717) is 22.9 Å². The Morgan fingerprint density at radius 3 is 2.75 bits per heavy atom. The first-order valence-corrected chi connectivity index (χ1v) is 8.10. The highest BCUT2D eigenvalue weighted by Gasteiger charge is 2.13. The second kappa shape index (κ2) is 6.82. The molecule has 0 amide bonds. The first kappa shape index (κ1) is 16.2. The molecule has 0 bridgehead atoms. The molecule has 0 saturated carbocycles. The number of aromatic hydroxyl groups is 1. The monoisotopic (exact) mass is 337 g/mol. The van der Waals surface area contributed by atoms with E-state index in [2.05, 4.69) is 6.07 Å². The van der Waals surface area contributed by atoms with E-state index in [0.717, 1.165) is 28.3 Å².